The Bertz CT molecular complexity index is 974. The van der Waals surface area contributed by atoms with E-state index in [-0.39, 0.29) is 17.9 Å². The molecule has 1 aromatic carbocycles. The van der Waals surface area contributed by atoms with Gasteiger partial charge in [0.15, 0.2) is 0 Å². The van der Waals surface area contributed by atoms with Gasteiger partial charge < -0.3 is 9.72 Å². The van der Waals surface area contributed by atoms with Crippen LogP contribution in [0, 0.1) is 13.8 Å². The van der Waals surface area contributed by atoms with Crippen molar-refractivity contribution in [2.45, 2.75) is 39.7 Å². The second-order valence-electron chi connectivity index (χ2n) is 6.25. The monoisotopic (exact) mass is 354 g/mol. The molecular formula is C19H22N4O3. The van der Waals surface area contributed by atoms with Crippen molar-refractivity contribution in [3.05, 3.63) is 57.9 Å². The summed E-state index contributed by atoms with van der Waals surface area (Å²) in [7, 11) is 0. The number of carbonyl (C=O) groups is 1. The van der Waals surface area contributed by atoms with Gasteiger partial charge in [-0.3, -0.25) is 14.3 Å². The van der Waals surface area contributed by atoms with Crippen LogP contribution >= 0.6 is 0 Å². The quantitative estimate of drug-likeness (QED) is 0.658. The van der Waals surface area contributed by atoms with Crippen molar-refractivity contribution in [1.82, 2.24) is 19.7 Å². The maximum atomic E-state index is 12.0. The molecular weight excluding hydrogens is 332 g/mol. The number of hydrogen-bond donors (Lipinski definition) is 1. The lowest BCUT2D eigenvalue weighted by Crippen LogP contribution is -2.14. The van der Waals surface area contributed by atoms with Gasteiger partial charge in [0.25, 0.3) is 5.56 Å². The molecule has 0 amide bonds. The number of aromatic nitrogens is 4. The second kappa shape index (κ2) is 7.95. The summed E-state index contributed by atoms with van der Waals surface area (Å²) in [5.41, 5.74) is 2.51. The maximum Gasteiger partial charge on any atom is 0.305 e. The summed E-state index contributed by atoms with van der Waals surface area (Å²) in [5, 5.41) is 4.89. The topological polar surface area (TPSA) is 89.9 Å². The molecule has 0 saturated carbocycles. The van der Waals surface area contributed by atoms with Crippen LogP contribution in [0.5, 0.6) is 0 Å². The minimum absolute atomic E-state index is 0.155. The highest BCUT2D eigenvalue weighted by Gasteiger charge is 2.07. The van der Waals surface area contributed by atoms with E-state index in [4.69, 9.17) is 4.74 Å². The van der Waals surface area contributed by atoms with E-state index in [1.165, 1.54) is 0 Å². The number of para-hydroxylation sites is 1. The van der Waals surface area contributed by atoms with Crippen LogP contribution in [0.15, 0.2) is 35.1 Å². The summed E-state index contributed by atoms with van der Waals surface area (Å²) in [6, 6.07) is 9.19. The number of rotatable bonds is 7. The molecule has 0 radical (unpaired) electrons. The number of esters is 1. The van der Waals surface area contributed by atoms with Gasteiger partial charge in [0, 0.05) is 18.5 Å². The standard InChI is InChI=1S/C19H22N4O3/c1-13-12-14(2)23(22-13)10-11-26-18(24)9-5-8-17-20-16-7-4-3-6-15(16)19(25)21-17/h3-4,6-7,12H,5,8-11H2,1-2H3,(H,20,21,25). The van der Waals surface area contributed by atoms with Crippen molar-refractivity contribution in [2.24, 2.45) is 0 Å². The first kappa shape index (κ1) is 17.8. The average molecular weight is 354 g/mol. The third kappa shape index (κ3) is 4.36. The predicted octanol–water partition coefficient (Wildman–Crippen LogP) is 2.30. The average Bonchev–Trinajstić information content (AvgIpc) is 2.92. The molecule has 26 heavy (non-hydrogen) atoms. The van der Waals surface area contributed by atoms with Gasteiger partial charge in [0.1, 0.15) is 12.4 Å². The van der Waals surface area contributed by atoms with E-state index in [2.05, 4.69) is 15.1 Å². The van der Waals surface area contributed by atoms with Gasteiger partial charge in [0.2, 0.25) is 0 Å². The van der Waals surface area contributed by atoms with Gasteiger partial charge in [-0.1, -0.05) is 12.1 Å². The zero-order valence-electron chi connectivity index (χ0n) is 15.0. The lowest BCUT2D eigenvalue weighted by atomic mass is 10.2. The smallest absolute Gasteiger partial charge is 0.305 e. The number of nitrogens with zero attached hydrogens (tertiary/aromatic N) is 3. The number of nitrogens with one attached hydrogen (secondary N) is 1. The number of benzene rings is 1. The summed E-state index contributed by atoms with van der Waals surface area (Å²) >= 11 is 0. The van der Waals surface area contributed by atoms with E-state index in [0.717, 1.165) is 11.4 Å². The maximum absolute atomic E-state index is 12.0. The molecule has 0 aliphatic heterocycles. The number of fused-ring (bicyclic) bond motifs is 1. The van der Waals surface area contributed by atoms with Gasteiger partial charge in [-0.25, -0.2) is 4.98 Å². The fourth-order valence-corrected chi connectivity index (χ4v) is 2.87. The van der Waals surface area contributed by atoms with E-state index in [9.17, 15) is 9.59 Å². The fourth-order valence-electron chi connectivity index (χ4n) is 2.87. The molecule has 7 nitrogen and oxygen atoms in total. The summed E-state index contributed by atoms with van der Waals surface area (Å²) in [4.78, 5) is 31.0. The van der Waals surface area contributed by atoms with Gasteiger partial charge >= 0.3 is 5.97 Å². The van der Waals surface area contributed by atoms with E-state index < -0.39 is 0 Å². The summed E-state index contributed by atoms with van der Waals surface area (Å²) in [6.45, 7) is 4.75. The van der Waals surface area contributed by atoms with Crippen molar-refractivity contribution in [1.29, 1.82) is 0 Å². The molecule has 1 N–H and O–H groups in total. The van der Waals surface area contributed by atoms with Gasteiger partial charge in [0.05, 0.1) is 23.1 Å². The van der Waals surface area contributed by atoms with Crippen LogP contribution in [0.3, 0.4) is 0 Å². The lowest BCUT2D eigenvalue weighted by Gasteiger charge is -2.07. The molecule has 0 bridgehead atoms. The second-order valence-corrected chi connectivity index (χ2v) is 6.25. The van der Waals surface area contributed by atoms with Gasteiger partial charge in [-0.2, -0.15) is 5.10 Å². The molecule has 0 unspecified atom stereocenters. The molecule has 136 valence electrons. The summed E-state index contributed by atoms with van der Waals surface area (Å²) in [6.07, 6.45) is 1.38. The fraction of sp³-hybridized carbons (Fsp3) is 0.368. The zero-order valence-corrected chi connectivity index (χ0v) is 15.0. The lowest BCUT2D eigenvalue weighted by molar-refractivity contribution is -0.144. The number of ether oxygens (including phenoxy) is 1. The Balaban J connectivity index is 1.45. The van der Waals surface area contributed by atoms with Gasteiger partial charge in [-0.15, -0.1) is 0 Å². The summed E-state index contributed by atoms with van der Waals surface area (Å²) in [5.74, 6) is 0.332. The molecule has 2 aromatic heterocycles. The largest absolute Gasteiger partial charge is 0.464 e. The first-order chi connectivity index (χ1) is 12.5. The molecule has 0 aliphatic carbocycles. The van der Waals surface area contributed by atoms with E-state index in [1.54, 1.807) is 18.2 Å². The Morgan fingerprint density at radius 3 is 2.85 bits per heavy atom. The van der Waals surface area contributed by atoms with Crippen LogP contribution < -0.4 is 5.56 Å². The minimum Gasteiger partial charge on any atom is -0.464 e. The van der Waals surface area contributed by atoms with Crippen molar-refractivity contribution < 1.29 is 9.53 Å². The highest BCUT2D eigenvalue weighted by atomic mass is 16.5. The molecule has 7 heteroatoms. The number of hydrogen-bond acceptors (Lipinski definition) is 5. The highest BCUT2D eigenvalue weighted by molar-refractivity contribution is 5.77. The Kier molecular flexibility index (Phi) is 5.46. The third-order valence-corrected chi connectivity index (χ3v) is 4.13. The Morgan fingerprint density at radius 2 is 2.08 bits per heavy atom. The Labute approximate surface area is 151 Å². The van der Waals surface area contributed by atoms with E-state index in [0.29, 0.717) is 42.7 Å². The highest BCUT2D eigenvalue weighted by Crippen LogP contribution is 2.08. The first-order valence-electron chi connectivity index (χ1n) is 8.67. The number of carbonyl (C=O) groups excluding carboxylic acids is 1. The van der Waals surface area contributed by atoms with Crippen molar-refractivity contribution >= 4 is 16.9 Å². The van der Waals surface area contributed by atoms with Crippen LogP contribution in [-0.2, 0) is 22.5 Å². The molecule has 0 spiro atoms. The molecule has 0 atom stereocenters. The van der Waals surface area contributed by atoms with Gasteiger partial charge in [-0.05, 0) is 38.5 Å². The first-order valence-corrected chi connectivity index (χ1v) is 8.67. The van der Waals surface area contributed by atoms with Crippen LogP contribution in [0.25, 0.3) is 10.9 Å². The van der Waals surface area contributed by atoms with Crippen molar-refractivity contribution in [3.8, 4) is 0 Å². The number of aryl methyl sites for hydroxylation is 3. The normalized spacial score (nSPS) is 11.0. The van der Waals surface area contributed by atoms with E-state index >= 15 is 0 Å². The minimum atomic E-state index is -0.255. The molecule has 0 saturated heterocycles. The Morgan fingerprint density at radius 1 is 1.27 bits per heavy atom. The molecule has 0 aliphatic rings. The number of H-pyrrole nitrogens is 1. The molecule has 0 fully saturated rings. The molecule has 3 aromatic rings. The van der Waals surface area contributed by atoms with Crippen LogP contribution in [0.1, 0.15) is 30.1 Å². The van der Waals surface area contributed by atoms with Crippen LogP contribution in [-0.4, -0.2) is 32.3 Å². The molecule has 3 rings (SSSR count). The molecule has 2 heterocycles. The van der Waals surface area contributed by atoms with Crippen LogP contribution in [0.2, 0.25) is 0 Å². The predicted molar refractivity (Wildman–Crippen MR) is 98.0 cm³/mol. The SMILES string of the molecule is Cc1cc(C)n(CCOC(=O)CCCc2nc3ccccc3c(=O)[nH]2)n1. The number of aromatic amines is 1. The third-order valence-electron chi connectivity index (χ3n) is 4.13. The van der Waals surface area contributed by atoms with Crippen molar-refractivity contribution in [3.63, 3.8) is 0 Å². The van der Waals surface area contributed by atoms with Crippen LogP contribution in [0.4, 0.5) is 0 Å². The van der Waals surface area contributed by atoms with Crippen molar-refractivity contribution in [2.75, 3.05) is 6.61 Å². The zero-order chi connectivity index (χ0) is 18.5. The Hall–Kier alpha value is -2.96. The van der Waals surface area contributed by atoms with E-state index in [1.807, 2.05) is 30.7 Å². The summed E-state index contributed by atoms with van der Waals surface area (Å²) < 4.78 is 7.08.